The van der Waals surface area contributed by atoms with Crippen LogP contribution >= 0.6 is 0 Å². The summed E-state index contributed by atoms with van der Waals surface area (Å²) in [5.41, 5.74) is 0. The van der Waals surface area contributed by atoms with Crippen LogP contribution in [0.3, 0.4) is 0 Å². The van der Waals surface area contributed by atoms with Crippen LogP contribution in [0.25, 0.3) is 0 Å². The van der Waals surface area contributed by atoms with Crippen LogP contribution in [-0.2, 0) is 4.79 Å². The minimum atomic E-state index is -0.475. The fourth-order valence-corrected chi connectivity index (χ4v) is 0.619. The highest BCUT2D eigenvalue weighted by Crippen LogP contribution is 2.01. The normalized spacial score (nSPS) is 11.2. The molecule has 10 heavy (non-hydrogen) atoms. The SMILES string of the molecule is CCCCC(C#N)N=C=O. The molecule has 1 atom stereocenters. The first-order valence-corrected chi connectivity index (χ1v) is 3.31. The molecule has 0 heterocycles. The Hall–Kier alpha value is -1.13. The van der Waals surface area contributed by atoms with Crippen molar-refractivity contribution >= 4 is 6.08 Å². The lowest BCUT2D eigenvalue weighted by atomic mass is 10.1. The summed E-state index contributed by atoms with van der Waals surface area (Å²) in [6, 6.07) is 1.43. The molecule has 1 unspecified atom stereocenters. The molecule has 0 aromatic rings. The molecule has 0 aromatic heterocycles. The second-order valence-electron chi connectivity index (χ2n) is 2.01. The number of isocyanates is 1. The van der Waals surface area contributed by atoms with Crippen molar-refractivity contribution in [3.63, 3.8) is 0 Å². The van der Waals surface area contributed by atoms with Gasteiger partial charge in [-0.3, -0.25) is 0 Å². The Morgan fingerprint density at radius 3 is 2.80 bits per heavy atom. The summed E-state index contributed by atoms with van der Waals surface area (Å²) < 4.78 is 0. The van der Waals surface area contributed by atoms with Crippen LogP contribution in [0.2, 0.25) is 0 Å². The Labute approximate surface area is 60.4 Å². The van der Waals surface area contributed by atoms with E-state index in [0.29, 0.717) is 6.42 Å². The summed E-state index contributed by atoms with van der Waals surface area (Å²) in [6.07, 6.45) is 4.00. The van der Waals surface area contributed by atoms with E-state index in [4.69, 9.17) is 5.26 Å². The van der Waals surface area contributed by atoms with Gasteiger partial charge in [0, 0.05) is 0 Å². The van der Waals surface area contributed by atoms with Crippen LogP contribution in [0.1, 0.15) is 26.2 Å². The number of hydrogen-bond acceptors (Lipinski definition) is 3. The molecule has 0 radical (unpaired) electrons. The fourth-order valence-electron chi connectivity index (χ4n) is 0.619. The van der Waals surface area contributed by atoms with Crippen LogP contribution in [0, 0.1) is 11.3 Å². The molecule has 0 aliphatic rings. The van der Waals surface area contributed by atoms with Crippen molar-refractivity contribution in [3.8, 4) is 6.07 Å². The highest BCUT2D eigenvalue weighted by Gasteiger charge is 2.01. The molecule has 0 bridgehead atoms. The van der Waals surface area contributed by atoms with Gasteiger partial charge in [0.2, 0.25) is 6.08 Å². The van der Waals surface area contributed by atoms with E-state index in [2.05, 4.69) is 4.99 Å². The van der Waals surface area contributed by atoms with E-state index in [0.717, 1.165) is 12.8 Å². The van der Waals surface area contributed by atoms with Gasteiger partial charge in [-0.25, -0.2) is 4.79 Å². The van der Waals surface area contributed by atoms with Crippen molar-refractivity contribution in [2.45, 2.75) is 32.2 Å². The maximum atomic E-state index is 9.69. The number of nitriles is 1. The van der Waals surface area contributed by atoms with Crippen LogP contribution in [0.15, 0.2) is 4.99 Å². The summed E-state index contributed by atoms with van der Waals surface area (Å²) >= 11 is 0. The van der Waals surface area contributed by atoms with E-state index in [1.807, 2.05) is 13.0 Å². The Morgan fingerprint density at radius 2 is 2.40 bits per heavy atom. The molecule has 3 heteroatoms. The predicted octanol–water partition coefficient (Wildman–Crippen LogP) is 1.40. The molecule has 0 N–H and O–H groups in total. The quantitative estimate of drug-likeness (QED) is 0.435. The lowest BCUT2D eigenvalue weighted by molar-refractivity contribution is 0.557. The fraction of sp³-hybridized carbons (Fsp3) is 0.714. The van der Waals surface area contributed by atoms with Crippen LogP contribution < -0.4 is 0 Å². The summed E-state index contributed by atoms with van der Waals surface area (Å²) in [4.78, 5) is 13.0. The maximum Gasteiger partial charge on any atom is 0.236 e. The van der Waals surface area contributed by atoms with Crippen LogP contribution in [0.5, 0.6) is 0 Å². The molecule has 54 valence electrons. The van der Waals surface area contributed by atoms with E-state index < -0.39 is 6.04 Å². The van der Waals surface area contributed by atoms with Gasteiger partial charge in [-0.05, 0) is 6.42 Å². The highest BCUT2D eigenvalue weighted by molar-refractivity contribution is 5.34. The van der Waals surface area contributed by atoms with E-state index in [1.165, 1.54) is 6.08 Å². The van der Waals surface area contributed by atoms with Crippen molar-refractivity contribution in [3.05, 3.63) is 0 Å². The van der Waals surface area contributed by atoms with Crippen molar-refractivity contribution in [2.24, 2.45) is 4.99 Å². The first-order valence-electron chi connectivity index (χ1n) is 3.31. The van der Waals surface area contributed by atoms with E-state index in [-0.39, 0.29) is 0 Å². The number of unbranched alkanes of at least 4 members (excludes halogenated alkanes) is 1. The number of rotatable bonds is 4. The molecule has 0 fully saturated rings. The molecular weight excluding hydrogens is 128 g/mol. The van der Waals surface area contributed by atoms with Crippen LogP contribution in [-0.4, -0.2) is 12.1 Å². The van der Waals surface area contributed by atoms with Crippen molar-refractivity contribution in [2.75, 3.05) is 0 Å². The largest absolute Gasteiger partial charge is 0.236 e. The number of hydrogen-bond donors (Lipinski definition) is 0. The Bertz CT molecular complexity index is 165. The number of carbonyl (C=O) groups excluding carboxylic acids is 1. The minimum absolute atomic E-state index is 0.475. The maximum absolute atomic E-state index is 9.69. The monoisotopic (exact) mass is 138 g/mol. The number of aliphatic imine (C=N–C) groups is 1. The molecule has 0 saturated carbocycles. The molecule has 0 spiro atoms. The topological polar surface area (TPSA) is 53.2 Å². The summed E-state index contributed by atoms with van der Waals surface area (Å²) in [5, 5.41) is 8.36. The summed E-state index contributed by atoms with van der Waals surface area (Å²) in [6.45, 7) is 2.03. The zero-order valence-corrected chi connectivity index (χ0v) is 6.00. The first kappa shape index (κ1) is 8.87. The predicted molar refractivity (Wildman–Crippen MR) is 37.0 cm³/mol. The van der Waals surface area contributed by atoms with E-state index in [9.17, 15) is 4.79 Å². The van der Waals surface area contributed by atoms with Gasteiger partial charge in [0.05, 0.1) is 6.07 Å². The van der Waals surface area contributed by atoms with Crippen molar-refractivity contribution < 1.29 is 4.79 Å². The second kappa shape index (κ2) is 6.00. The zero-order valence-electron chi connectivity index (χ0n) is 6.00. The smallest absolute Gasteiger partial charge is 0.211 e. The van der Waals surface area contributed by atoms with E-state index >= 15 is 0 Å². The molecule has 0 saturated heterocycles. The van der Waals surface area contributed by atoms with Gasteiger partial charge in [0.25, 0.3) is 0 Å². The molecule has 0 aliphatic carbocycles. The Balaban J connectivity index is 3.63. The van der Waals surface area contributed by atoms with Gasteiger partial charge in [0.1, 0.15) is 6.04 Å². The van der Waals surface area contributed by atoms with Gasteiger partial charge in [-0.1, -0.05) is 19.8 Å². The average molecular weight is 138 g/mol. The molecule has 3 nitrogen and oxygen atoms in total. The third-order valence-electron chi connectivity index (χ3n) is 1.19. The second-order valence-corrected chi connectivity index (χ2v) is 2.01. The Morgan fingerprint density at radius 1 is 1.70 bits per heavy atom. The lowest BCUT2D eigenvalue weighted by Gasteiger charge is -1.96. The van der Waals surface area contributed by atoms with Crippen molar-refractivity contribution in [1.82, 2.24) is 0 Å². The third kappa shape index (κ3) is 3.82. The van der Waals surface area contributed by atoms with Gasteiger partial charge >= 0.3 is 0 Å². The first-order chi connectivity index (χ1) is 4.85. The number of nitrogens with zero attached hydrogens (tertiary/aromatic N) is 2. The minimum Gasteiger partial charge on any atom is -0.211 e. The summed E-state index contributed by atoms with van der Waals surface area (Å²) in [5.74, 6) is 0. The van der Waals surface area contributed by atoms with Gasteiger partial charge in [-0.15, -0.1) is 0 Å². The standard InChI is InChI=1S/C7H10N2O/c1-2-3-4-7(5-8)9-6-10/h7H,2-4H2,1H3. The Kier molecular flexibility index (Phi) is 5.32. The van der Waals surface area contributed by atoms with E-state index in [1.54, 1.807) is 0 Å². The average Bonchev–Trinajstić information content (AvgIpc) is 1.98. The summed E-state index contributed by atoms with van der Waals surface area (Å²) in [7, 11) is 0. The molecular formula is C7H10N2O. The van der Waals surface area contributed by atoms with Gasteiger partial charge in [0.15, 0.2) is 0 Å². The lowest BCUT2D eigenvalue weighted by Crippen LogP contribution is -1.98. The third-order valence-corrected chi connectivity index (χ3v) is 1.19. The van der Waals surface area contributed by atoms with Gasteiger partial charge in [-0.2, -0.15) is 10.3 Å². The van der Waals surface area contributed by atoms with Crippen LogP contribution in [0.4, 0.5) is 0 Å². The molecule has 0 aliphatic heterocycles. The van der Waals surface area contributed by atoms with Gasteiger partial charge < -0.3 is 0 Å². The highest BCUT2D eigenvalue weighted by atomic mass is 16.1. The molecule has 0 rings (SSSR count). The molecule has 0 amide bonds. The van der Waals surface area contributed by atoms with Crippen molar-refractivity contribution in [1.29, 1.82) is 5.26 Å². The molecule has 0 aromatic carbocycles. The zero-order chi connectivity index (χ0) is 7.82.